The van der Waals surface area contributed by atoms with Gasteiger partial charge in [-0.3, -0.25) is 19.8 Å². The van der Waals surface area contributed by atoms with Crippen molar-refractivity contribution in [3.05, 3.63) is 148 Å². The minimum absolute atomic E-state index is 0.00551. The third-order valence-corrected chi connectivity index (χ3v) is 9.63. The number of non-ortho nitro benzene ring substituents is 1. The molecule has 5 aromatic carbocycles. The van der Waals surface area contributed by atoms with Gasteiger partial charge in [-0.1, -0.05) is 72.3 Å². The fraction of sp³-hybridized carbons (Fsp3) is 0.139. The molecular weight excluding hydrogens is 652 g/mol. The Kier molecular flexibility index (Phi) is 9.72. The van der Waals surface area contributed by atoms with E-state index in [2.05, 4.69) is 21.9 Å². The molecule has 1 fully saturated rings. The van der Waals surface area contributed by atoms with Gasteiger partial charge in [0.2, 0.25) is 0 Å². The number of ether oxygens (including phenoxy) is 1. The Balaban J connectivity index is 1.19. The van der Waals surface area contributed by atoms with Crippen LogP contribution in [0.2, 0.25) is 5.02 Å². The number of piperazine rings is 1. The van der Waals surface area contributed by atoms with Crippen molar-refractivity contribution in [2.75, 3.05) is 31.1 Å². The van der Waals surface area contributed by atoms with Gasteiger partial charge in [0.25, 0.3) is 21.6 Å². The van der Waals surface area contributed by atoms with Crippen LogP contribution in [0.5, 0.6) is 11.5 Å². The molecule has 1 amide bonds. The van der Waals surface area contributed by atoms with E-state index < -0.39 is 31.4 Å². The second-order valence-electron chi connectivity index (χ2n) is 11.2. The molecule has 0 radical (unpaired) electrons. The first kappa shape index (κ1) is 32.7. The van der Waals surface area contributed by atoms with Gasteiger partial charge in [-0.15, -0.1) is 0 Å². The molecule has 244 valence electrons. The molecule has 10 nitrogen and oxygen atoms in total. The first-order chi connectivity index (χ1) is 23.2. The Labute approximate surface area is 283 Å². The SMILES string of the molecule is O=C(NS(=O)(=O)c1cccc([N+](=O)[O-])c1)c1ccc(N2CCN(Cc3ccccc3-c3ccc(Cl)cc3)CC2)cc1Oc1ccccc1. The highest BCUT2D eigenvalue weighted by atomic mass is 35.5. The van der Waals surface area contributed by atoms with Gasteiger partial charge in [0.05, 0.1) is 15.4 Å². The summed E-state index contributed by atoms with van der Waals surface area (Å²) in [6.45, 7) is 3.83. The summed E-state index contributed by atoms with van der Waals surface area (Å²) in [5.41, 5.74) is 3.91. The second kappa shape index (κ2) is 14.3. The minimum atomic E-state index is -4.42. The summed E-state index contributed by atoms with van der Waals surface area (Å²) in [5.74, 6) is -0.290. The molecule has 1 aliphatic heterocycles. The number of rotatable bonds is 10. The number of nitrogens with one attached hydrogen (secondary N) is 1. The molecule has 0 aliphatic carbocycles. The van der Waals surface area contributed by atoms with E-state index in [9.17, 15) is 23.3 Å². The maximum atomic E-state index is 13.4. The van der Waals surface area contributed by atoms with Crippen LogP contribution in [0.15, 0.2) is 126 Å². The fourth-order valence-electron chi connectivity index (χ4n) is 5.57. The van der Waals surface area contributed by atoms with Crippen LogP contribution >= 0.6 is 11.6 Å². The highest BCUT2D eigenvalue weighted by molar-refractivity contribution is 7.90. The zero-order valence-electron chi connectivity index (χ0n) is 25.7. The highest BCUT2D eigenvalue weighted by Crippen LogP contribution is 2.32. The van der Waals surface area contributed by atoms with Crippen LogP contribution in [-0.4, -0.2) is 50.3 Å². The molecule has 0 bridgehead atoms. The number of carbonyl (C=O) groups is 1. The first-order valence-corrected chi connectivity index (χ1v) is 17.0. The lowest BCUT2D eigenvalue weighted by Gasteiger charge is -2.36. The third kappa shape index (κ3) is 7.66. The molecule has 0 saturated carbocycles. The van der Waals surface area contributed by atoms with Gasteiger partial charge in [-0.2, -0.15) is 0 Å². The molecule has 48 heavy (non-hydrogen) atoms. The summed E-state index contributed by atoms with van der Waals surface area (Å²) >= 11 is 6.11. The number of anilines is 1. The van der Waals surface area contributed by atoms with Crippen LogP contribution < -0.4 is 14.4 Å². The fourth-order valence-corrected chi connectivity index (χ4v) is 6.70. The zero-order valence-corrected chi connectivity index (χ0v) is 27.2. The number of halogens is 1. The van der Waals surface area contributed by atoms with Crippen molar-refractivity contribution in [2.45, 2.75) is 11.4 Å². The number of para-hydroxylation sites is 1. The maximum absolute atomic E-state index is 13.4. The molecule has 1 aliphatic rings. The van der Waals surface area contributed by atoms with Crippen molar-refractivity contribution in [3.63, 3.8) is 0 Å². The molecule has 0 atom stereocenters. The number of nitro groups is 1. The normalized spacial score (nSPS) is 13.6. The van der Waals surface area contributed by atoms with E-state index in [0.717, 1.165) is 50.0 Å². The number of amides is 1. The van der Waals surface area contributed by atoms with Gasteiger partial charge >= 0.3 is 0 Å². The molecule has 1 heterocycles. The summed E-state index contributed by atoms with van der Waals surface area (Å²) < 4.78 is 34.2. The molecule has 0 spiro atoms. The first-order valence-electron chi connectivity index (χ1n) is 15.2. The minimum Gasteiger partial charge on any atom is -0.456 e. The number of nitro benzene ring substituents is 1. The summed E-state index contributed by atoms with van der Waals surface area (Å²) in [4.78, 5) is 28.0. The molecule has 5 aromatic rings. The van der Waals surface area contributed by atoms with Gasteiger partial charge in [0.15, 0.2) is 0 Å². The molecular formula is C36H31ClN4O6S. The Morgan fingerprint density at radius 1 is 0.833 bits per heavy atom. The zero-order chi connectivity index (χ0) is 33.7. The lowest BCUT2D eigenvalue weighted by molar-refractivity contribution is -0.385. The Morgan fingerprint density at radius 3 is 2.27 bits per heavy atom. The monoisotopic (exact) mass is 682 g/mol. The van der Waals surface area contributed by atoms with Crippen molar-refractivity contribution in [3.8, 4) is 22.6 Å². The van der Waals surface area contributed by atoms with E-state index in [1.807, 2.05) is 47.2 Å². The summed E-state index contributed by atoms with van der Waals surface area (Å²) in [5, 5.41) is 11.9. The summed E-state index contributed by atoms with van der Waals surface area (Å²) in [6.07, 6.45) is 0. The van der Waals surface area contributed by atoms with E-state index in [4.69, 9.17) is 16.3 Å². The van der Waals surface area contributed by atoms with Gasteiger partial charge in [0.1, 0.15) is 11.5 Å². The molecule has 6 rings (SSSR count). The van der Waals surface area contributed by atoms with E-state index in [0.29, 0.717) is 10.8 Å². The smallest absolute Gasteiger partial charge is 0.270 e. The Hall–Kier alpha value is -5.23. The van der Waals surface area contributed by atoms with Gasteiger partial charge in [0, 0.05) is 61.6 Å². The lowest BCUT2D eigenvalue weighted by atomic mass is 9.99. The van der Waals surface area contributed by atoms with Crippen LogP contribution in [0.25, 0.3) is 11.1 Å². The molecule has 12 heteroatoms. The van der Waals surface area contributed by atoms with Gasteiger partial charge in [-0.05, 0) is 59.2 Å². The number of carbonyl (C=O) groups excluding carboxylic acids is 1. The maximum Gasteiger partial charge on any atom is 0.270 e. The van der Waals surface area contributed by atoms with Crippen molar-refractivity contribution in [1.29, 1.82) is 0 Å². The molecule has 0 aromatic heterocycles. The summed E-state index contributed by atoms with van der Waals surface area (Å²) in [6, 6.07) is 34.6. The average Bonchev–Trinajstić information content (AvgIpc) is 3.09. The van der Waals surface area contributed by atoms with E-state index in [-0.39, 0.29) is 11.3 Å². The van der Waals surface area contributed by atoms with Crippen molar-refractivity contribution < 1.29 is 22.9 Å². The van der Waals surface area contributed by atoms with Crippen LogP contribution in [0, 0.1) is 10.1 Å². The average molecular weight is 683 g/mol. The summed E-state index contributed by atoms with van der Waals surface area (Å²) in [7, 11) is -4.42. The largest absolute Gasteiger partial charge is 0.456 e. The molecule has 1 N–H and O–H groups in total. The lowest BCUT2D eigenvalue weighted by Crippen LogP contribution is -2.46. The Bertz CT molecular complexity index is 2050. The van der Waals surface area contributed by atoms with Crippen LogP contribution in [0.1, 0.15) is 15.9 Å². The van der Waals surface area contributed by atoms with E-state index in [1.165, 1.54) is 35.4 Å². The topological polar surface area (TPSA) is 122 Å². The number of sulfonamides is 1. The van der Waals surface area contributed by atoms with Crippen LogP contribution in [-0.2, 0) is 16.6 Å². The number of benzene rings is 5. The van der Waals surface area contributed by atoms with Crippen molar-refractivity contribution in [1.82, 2.24) is 9.62 Å². The highest BCUT2D eigenvalue weighted by Gasteiger charge is 2.25. The van der Waals surface area contributed by atoms with Gasteiger partial charge < -0.3 is 9.64 Å². The molecule has 0 unspecified atom stereocenters. The van der Waals surface area contributed by atoms with Crippen LogP contribution in [0.4, 0.5) is 11.4 Å². The van der Waals surface area contributed by atoms with Gasteiger partial charge in [-0.25, -0.2) is 13.1 Å². The third-order valence-electron chi connectivity index (χ3n) is 8.05. The van der Waals surface area contributed by atoms with E-state index in [1.54, 1.807) is 36.4 Å². The van der Waals surface area contributed by atoms with Crippen molar-refractivity contribution in [2.24, 2.45) is 0 Å². The van der Waals surface area contributed by atoms with Crippen LogP contribution in [0.3, 0.4) is 0 Å². The Morgan fingerprint density at radius 2 is 1.54 bits per heavy atom. The number of hydrogen-bond acceptors (Lipinski definition) is 8. The quantitative estimate of drug-likeness (QED) is 0.122. The molecule has 1 saturated heterocycles. The van der Waals surface area contributed by atoms with E-state index >= 15 is 0 Å². The predicted molar refractivity (Wildman–Crippen MR) is 185 cm³/mol. The standard InChI is InChI=1S/C36H31ClN4O6S/c37-28-15-13-26(14-16-28)33-12-5-4-7-27(33)25-39-19-21-40(22-20-39)29-17-18-34(35(24-29)47-31-9-2-1-3-10-31)36(42)38-48(45,46)32-11-6-8-30(23-32)41(43)44/h1-18,23-24H,19-22,25H2,(H,38,42). The van der Waals surface area contributed by atoms with Crippen molar-refractivity contribution >= 4 is 38.9 Å². The second-order valence-corrected chi connectivity index (χ2v) is 13.3. The number of nitrogens with zero attached hydrogens (tertiary/aromatic N) is 3. The predicted octanol–water partition coefficient (Wildman–Crippen LogP) is 7.15. The number of hydrogen-bond donors (Lipinski definition) is 1.